The number of phenolic OH excluding ortho intramolecular Hbond substituents is 2. The van der Waals surface area contributed by atoms with E-state index in [-0.39, 0.29) is 77.3 Å². The second-order valence-corrected chi connectivity index (χ2v) is 10.2. The number of Topliss-reactive ketones (excluding diaryl/α,β-unsaturated/α-hetero) is 1. The Hall–Kier alpha value is -3.80. The van der Waals surface area contributed by atoms with Crippen LogP contribution in [-0.2, 0) is 36.6 Å². The van der Waals surface area contributed by atoms with E-state index in [2.05, 4.69) is 0 Å². The minimum atomic E-state index is -1.07. The molecule has 11 nitrogen and oxygen atoms in total. The van der Waals surface area contributed by atoms with E-state index >= 15 is 0 Å². The van der Waals surface area contributed by atoms with E-state index in [1.54, 1.807) is 12.1 Å². The molecule has 3 aliphatic rings. The van der Waals surface area contributed by atoms with Gasteiger partial charge in [0.05, 0.1) is 36.5 Å². The zero-order valence-electron chi connectivity index (χ0n) is 21.9. The van der Waals surface area contributed by atoms with Crippen molar-refractivity contribution >= 4 is 23.3 Å². The number of rotatable bonds is 9. The number of phenols is 2. The number of aliphatic carboxylic acids is 1. The second-order valence-electron chi connectivity index (χ2n) is 10.2. The highest BCUT2D eigenvalue weighted by molar-refractivity contribution is 6.31. The van der Waals surface area contributed by atoms with Crippen LogP contribution in [-0.4, -0.2) is 78.0 Å². The number of hydrogen-bond donors (Lipinski definition) is 3. The fourth-order valence-corrected chi connectivity index (χ4v) is 5.76. The number of fused-ring (bicyclic) bond motifs is 3. The molecule has 1 saturated heterocycles. The van der Waals surface area contributed by atoms with Gasteiger partial charge >= 0.3 is 5.97 Å². The molecule has 2 aliphatic carbocycles. The number of methoxy groups -OCH3 is 1. The molecule has 1 aliphatic heterocycles. The van der Waals surface area contributed by atoms with E-state index in [1.807, 2.05) is 0 Å². The van der Waals surface area contributed by atoms with Gasteiger partial charge in [-0.05, 0) is 44.6 Å². The van der Waals surface area contributed by atoms with Crippen LogP contribution in [0.15, 0.2) is 18.2 Å². The summed E-state index contributed by atoms with van der Waals surface area (Å²) in [5.41, 5.74) is 0.223. The molecule has 1 heterocycles. The number of aromatic hydroxyl groups is 2. The van der Waals surface area contributed by atoms with Gasteiger partial charge in [0.25, 0.3) is 0 Å². The summed E-state index contributed by atoms with van der Waals surface area (Å²) < 4.78 is 21.9. The summed E-state index contributed by atoms with van der Waals surface area (Å²) >= 11 is 0. The van der Waals surface area contributed by atoms with E-state index in [0.717, 1.165) is 6.42 Å². The first-order chi connectivity index (χ1) is 19.2. The molecule has 0 aromatic heterocycles. The summed E-state index contributed by atoms with van der Waals surface area (Å²) in [6.07, 6.45) is 1.76. The Labute approximate surface area is 229 Å². The van der Waals surface area contributed by atoms with Crippen molar-refractivity contribution in [2.75, 3.05) is 26.9 Å². The van der Waals surface area contributed by atoms with Crippen molar-refractivity contribution in [2.24, 2.45) is 5.92 Å². The molecule has 3 N–H and O–H groups in total. The van der Waals surface area contributed by atoms with Crippen LogP contribution in [0.2, 0.25) is 0 Å². The maximum atomic E-state index is 13.4. The predicted molar refractivity (Wildman–Crippen MR) is 137 cm³/mol. The molecule has 2 unspecified atom stereocenters. The minimum absolute atomic E-state index is 0.0405. The zero-order chi connectivity index (χ0) is 28.6. The van der Waals surface area contributed by atoms with Crippen LogP contribution in [0.3, 0.4) is 0 Å². The number of carbonyl (C=O) groups excluding carboxylic acids is 3. The first-order valence-electron chi connectivity index (χ1n) is 13.2. The first kappa shape index (κ1) is 27.8. The van der Waals surface area contributed by atoms with Crippen molar-refractivity contribution in [1.29, 1.82) is 0 Å². The molecule has 0 saturated carbocycles. The van der Waals surface area contributed by atoms with Crippen molar-refractivity contribution in [3.8, 4) is 17.2 Å². The molecule has 5 rings (SSSR count). The summed E-state index contributed by atoms with van der Waals surface area (Å²) in [7, 11) is 1.38. The Kier molecular flexibility index (Phi) is 7.88. The van der Waals surface area contributed by atoms with Crippen molar-refractivity contribution < 1.29 is 53.4 Å². The maximum absolute atomic E-state index is 13.4. The standard InChI is InChI=1S/C29H30O11/c1-37-20-6-3-5-17-23(20)29(36)25-24(27(17)34)28(35)18-10-14(8-9-16(18)26(25)33)19(30)12-39-22-7-2-4-15(40-22)11-38-13-21(31)32/h3,5-6,14-15,22,33,35H,2,4,7-13H2,1H3,(H,31,32)/t14-,15?,22?/m0/s1. The molecular formula is C29H30O11. The number of carbonyl (C=O) groups is 4. The van der Waals surface area contributed by atoms with Crippen LogP contribution in [0.25, 0.3) is 0 Å². The molecule has 0 radical (unpaired) electrons. The molecular weight excluding hydrogens is 524 g/mol. The smallest absolute Gasteiger partial charge is 0.329 e. The van der Waals surface area contributed by atoms with Crippen molar-refractivity contribution in [2.45, 2.75) is 50.9 Å². The lowest BCUT2D eigenvalue weighted by Crippen LogP contribution is -2.35. The molecule has 0 amide bonds. The van der Waals surface area contributed by atoms with Crippen molar-refractivity contribution in [3.05, 3.63) is 51.6 Å². The number of ketones is 3. The van der Waals surface area contributed by atoms with Crippen LogP contribution in [0.1, 0.15) is 68.7 Å². The Morgan fingerprint density at radius 2 is 1.73 bits per heavy atom. The topological polar surface area (TPSA) is 166 Å². The fourth-order valence-electron chi connectivity index (χ4n) is 5.76. The Morgan fingerprint density at radius 1 is 0.975 bits per heavy atom. The van der Waals surface area contributed by atoms with E-state index in [0.29, 0.717) is 24.8 Å². The molecule has 2 aromatic rings. The number of carboxylic acids is 1. The highest BCUT2D eigenvalue weighted by atomic mass is 16.7. The maximum Gasteiger partial charge on any atom is 0.329 e. The monoisotopic (exact) mass is 554 g/mol. The summed E-state index contributed by atoms with van der Waals surface area (Å²) in [6.45, 7) is -0.528. The number of benzene rings is 2. The van der Waals surface area contributed by atoms with Gasteiger partial charge in [-0.3, -0.25) is 14.4 Å². The van der Waals surface area contributed by atoms with Gasteiger partial charge in [-0.1, -0.05) is 12.1 Å². The van der Waals surface area contributed by atoms with E-state index in [1.165, 1.54) is 13.2 Å². The highest BCUT2D eigenvalue weighted by Gasteiger charge is 2.41. The average molecular weight is 555 g/mol. The summed E-state index contributed by atoms with van der Waals surface area (Å²) in [6, 6.07) is 4.59. The van der Waals surface area contributed by atoms with Crippen molar-refractivity contribution in [1.82, 2.24) is 0 Å². The Morgan fingerprint density at radius 3 is 2.48 bits per heavy atom. The molecule has 3 atom stereocenters. The number of ether oxygens (including phenoxy) is 4. The SMILES string of the molecule is COc1cccc2c1C(=O)c1c(O)c3c(c(O)c1C2=O)C[C@@H](C(=O)COC1CCCC(COCC(=O)O)O1)CC3. The van der Waals surface area contributed by atoms with Gasteiger partial charge in [-0.2, -0.15) is 0 Å². The fraction of sp³-hybridized carbons (Fsp3) is 0.448. The van der Waals surface area contributed by atoms with Crippen molar-refractivity contribution in [3.63, 3.8) is 0 Å². The third-order valence-corrected chi connectivity index (χ3v) is 7.73. The summed E-state index contributed by atoms with van der Waals surface area (Å²) in [5, 5.41) is 31.0. The first-order valence-corrected chi connectivity index (χ1v) is 13.2. The van der Waals surface area contributed by atoms with Crippen LogP contribution < -0.4 is 4.74 Å². The van der Waals surface area contributed by atoms with Crippen LogP contribution in [0.4, 0.5) is 0 Å². The van der Waals surface area contributed by atoms with Gasteiger partial charge in [0.1, 0.15) is 30.5 Å². The van der Waals surface area contributed by atoms with Crippen LogP contribution in [0, 0.1) is 5.92 Å². The predicted octanol–water partition coefficient (Wildman–Crippen LogP) is 2.57. The van der Waals surface area contributed by atoms with Gasteiger partial charge < -0.3 is 34.3 Å². The average Bonchev–Trinajstić information content (AvgIpc) is 2.95. The van der Waals surface area contributed by atoms with Crippen LogP contribution in [0.5, 0.6) is 17.2 Å². The number of hydrogen-bond acceptors (Lipinski definition) is 10. The zero-order valence-corrected chi connectivity index (χ0v) is 21.9. The summed E-state index contributed by atoms with van der Waals surface area (Å²) in [4.78, 5) is 50.5. The van der Waals surface area contributed by atoms with E-state index in [4.69, 9.17) is 24.1 Å². The largest absolute Gasteiger partial charge is 0.507 e. The molecule has 212 valence electrons. The summed E-state index contributed by atoms with van der Waals surface area (Å²) in [5.74, 6) is -3.58. The molecule has 1 fully saturated rings. The molecule has 0 spiro atoms. The van der Waals surface area contributed by atoms with Gasteiger partial charge in [0, 0.05) is 22.6 Å². The van der Waals surface area contributed by atoms with E-state index < -0.39 is 42.1 Å². The quantitative estimate of drug-likeness (QED) is 0.333. The third-order valence-electron chi connectivity index (χ3n) is 7.73. The molecule has 2 aromatic carbocycles. The third kappa shape index (κ3) is 5.07. The van der Waals surface area contributed by atoms with Crippen LogP contribution >= 0.6 is 0 Å². The lowest BCUT2D eigenvalue weighted by Gasteiger charge is -2.31. The Bertz CT molecular complexity index is 1380. The van der Waals surface area contributed by atoms with Gasteiger partial charge in [-0.15, -0.1) is 0 Å². The van der Waals surface area contributed by atoms with E-state index in [9.17, 15) is 29.4 Å². The van der Waals surface area contributed by atoms with Gasteiger partial charge in [0.2, 0.25) is 5.78 Å². The van der Waals surface area contributed by atoms with Gasteiger partial charge in [-0.25, -0.2) is 4.79 Å². The lowest BCUT2D eigenvalue weighted by molar-refractivity contribution is -0.206. The van der Waals surface area contributed by atoms with Gasteiger partial charge in [0.15, 0.2) is 17.9 Å². The minimum Gasteiger partial charge on any atom is -0.507 e. The Balaban J connectivity index is 1.30. The lowest BCUT2D eigenvalue weighted by atomic mass is 9.75. The highest BCUT2D eigenvalue weighted by Crippen LogP contribution is 2.47. The molecule has 40 heavy (non-hydrogen) atoms. The normalized spacial score (nSPS) is 21.8. The number of carboxylic acid groups (broad SMARTS) is 1. The second kappa shape index (κ2) is 11.4. The molecule has 0 bridgehead atoms. The molecule has 11 heteroatoms.